The van der Waals surface area contributed by atoms with Gasteiger partial charge in [0.05, 0.1) is 15.5 Å². The van der Waals surface area contributed by atoms with Crippen molar-refractivity contribution in [3.8, 4) is 0 Å². The van der Waals surface area contributed by atoms with E-state index < -0.39 is 37.3 Å². The van der Waals surface area contributed by atoms with E-state index in [0.717, 1.165) is 12.5 Å². The maximum absolute atomic E-state index is 13.5. The number of benzene rings is 1. The molecule has 2 N–H and O–H groups in total. The standard InChI is InChI=1S/C13H17ClFNO4S/c1-8(2)4-3-5-16-21(19,20)9-6-10(13(17)18)12(14)11(15)7-9/h6-8,16H,3-5H2,1-2H3,(H,17,18). The zero-order valence-corrected chi connectivity index (χ0v) is 13.3. The van der Waals surface area contributed by atoms with Crippen LogP contribution in [-0.2, 0) is 10.0 Å². The molecule has 21 heavy (non-hydrogen) atoms. The van der Waals surface area contributed by atoms with Crippen molar-refractivity contribution in [2.75, 3.05) is 6.54 Å². The van der Waals surface area contributed by atoms with Crippen molar-refractivity contribution in [2.45, 2.75) is 31.6 Å². The van der Waals surface area contributed by atoms with Crippen molar-refractivity contribution < 1.29 is 22.7 Å². The van der Waals surface area contributed by atoms with Crippen LogP contribution in [0.25, 0.3) is 0 Å². The van der Waals surface area contributed by atoms with Crippen LogP contribution in [0.1, 0.15) is 37.0 Å². The molecule has 5 nitrogen and oxygen atoms in total. The number of hydrogen-bond donors (Lipinski definition) is 2. The van der Waals surface area contributed by atoms with Gasteiger partial charge in [-0.3, -0.25) is 0 Å². The number of carboxylic acids is 1. The van der Waals surface area contributed by atoms with Crippen molar-refractivity contribution >= 4 is 27.6 Å². The van der Waals surface area contributed by atoms with Crippen molar-refractivity contribution in [1.29, 1.82) is 0 Å². The van der Waals surface area contributed by atoms with Gasteiger partial charge < -0.3 is 5.11 Å². The van der Waals surface area contributed by atoms with Crippen LogP contribution in [0, 0.1) is 11.7 Å². The first kappa shape index (κ1) is 17.9. The molecule has 1 aromatic carbocycles. The molecule has 0 fully saturated rings. The smallest absolute Gasteiger partial charge is 0.337 e. The molecule has 8 heteroatoms. The Kier molecular flexibility index (Phi) is 6.12. The van der Waals surface area contributed by atoms with Crippen LogP contribution in [0.5, 0.6) is 0 Å². The number of sulfonamides is 1. The summed E-state index contributed by atoms with van der Waals surface area (Å²) in [6, 6.07) is 1.55. The van der Waals surface area contributed by atoms with Crippen LogP contribution in [0.3, 0.4) is 0 Å². The number of halogens is 2. The van der Waals surface area contributed by atoms with Crippen LogP contribution in [0.4, 0.5) is 4.39 Å². The lowest BCUT2D eigenvalue weighted by molar-refractivity contribution is 0.0696. The number of aromatic carboxylic acids is 1. The Labute approximate surface area is 128 Å². The third-order valence-corrected chi connectivity index (χ3v) is 4.62. The third-order valence-electron chi connectivity index (χ3n) is 2.79. The van der Waals surface area contributed by atoms with Crippen molar-refractivity contribution in [1.82, 2.24) is 4.72 Å². The predicted octanol–water partition coefficient (Wildman–Crippen LogP) is 2.89. The lowest BCUT2D eigenvalue weighted by Crippen LogP contribution is -2.25. The van der Waals surface area contributed by atoms with Gasteiger partial charge in [0, 0.05) is 6.54 Å². The molecule has 0 amide bonds. The van der Waals surface area contributed by atoms with E-state index in [1.165, 1.54) is 0 Å². The summed E-state index contributed by atoms with van der Waals surface area (Å²) in [7, 11) is -3.97. The maximum Gasteiger partial charge on any atom is 0.337 e. The largest absolute Gasteiger partial charge is 0.478 e. The van der Waals surface area contributed by atoms with Crippen LogP contribution in [-0.4, -0.2) is 26.0 Å². The Morgan fingerprint density at radius 2 is 2.05 bits per heavy atom. The Balaban J connectivity index is 2.96. The van der Waals surface area contributed by atoms with E-state index in [1.54, 1.807) is 0 Å². The first-order chi connectivity index (χ1) is 9.65. The normalized spacial score (nSPS) is 11.9. The van der Waals surface area contributed by atoms with Gasteiger partial charge in [-0.2, -0.15) is 0 Å². The van der Waals surface area contributed by atoms with E-state index in [0.29, 0.717) is 18.4 Å². The number of nitrogens with one attached hydrogen (secondary N) is 1. The predicted molar refractivity (Wildman–Crippen MR) is 77.6 cm³/mol. The maximum atomic E-state index is 13.5. The van der Waals surface area contributed by atoms with Gasteiger partial charge in [0.25, 0.3) is 0 Å². The highest BCUT2D eigenvalue weighted by molar-refractivity contribution is 7.89. The van der Waals surface area contributed by atoms with Crippen molar-refractivity contribution in [3.63, 3.8) is 0 Å². The summed E-state index contributed by atoms with van der Waals surface area (Å²) >= 11 is 5.50. The fourth-order valence-electron chi connectivity index (χ4n) is 1.68. The number of hydrogen-bond acceptors (Lipinski definition) is 3. The van der Waals surface area contributed by atoms with E-state index in [9.17, 15) is 17.6 Å². The molecule has 0 heterocycles. The monoisotopic (exact) mass is 337 g/mol. The SMILES string of the molecule is CC(C)CCCNS(=O)(=O)c1cc(F)c(Cl)c(C(=O)O)c1. The molecule has 0 saturated carbocycles. The highest BCUT2D eigenvalue weighted by atomic mass is 35.5. The topological polar surface area (TPSA) is 83.5 Å². The Morgan fingerprint density at radius 3 is 2.57 bits per heavy atom. The molecule has 1 rings (SSSR count). The Bertz CT molecular complexity index is 631. The summed E-state index contributed by atoms with van der Waals surface area (Å²) < 4.78 is 39.9. The van der Waals surface area contributed by atoms with E-state index in [1.807, 2.05) is 13.8 Å². The molecule has 0 atom stereocenters. The average molecular weight is 338 g/mol. The lowest BCUT2D eigenvalue weighted by atomic mass is 10.1. The molecule has 118 valence electrons. The fourth-order valence-corrected chi connectivity index (χ4v) is 2.98. The van der Waals surface area contributed by atoms with Gasteiger partial charge in [-0.1, -0.05) is 25.4 Å². The zero-order valence-electron chi connectivity index (χ0n) is 11.7. The molecule has 0 saturated heterocycles. The molecule has 0 bridgehead atoms. The molecule has 1 aromatic rings. The van der Waals surface area contributed by atoms with Gasteiger partial charge in [-0.25, -0.2) is 22.3 Å². The Hall–Kier alpha value is -1.18. The average Bonchev–Trinajstić information content (AvgIpc) is 2.37. The van der Waals surface area contributed by atoms with E-state index in [2.05, 4.69) is 4.72 Å². The number of carboxylic acid groups (broad SMARTS) is 1. The second kappa shape index (κ2) is 7.20. The summed E-state index contributed by atoms with van der Waals surface area (Å²) in [6.45, 7) is 4.23. The molecular weight excluding hydrogens is 321 g/mol. The van der Waals surface area contributed by atoms with Crippen LogP contribution in [0.2, 0.25) is 5.02 Å². The first-order valence-corrected chi connectivity index (χ1v) is 8.23. The van der Waals surface area contributed by atoms with Crippen LogP contribution >= 0.6 is 11.6 Å². The molecule has 0 aliphatic rings. The second-order valence-corrected chi connectivity index (χ2v) is 7.15. The summed E-state index contributed by atoms with van der Waals surface area (Å²) in [5, 5.41) is 8.28. The van der Waals surface area contributed by atoms with Gasteiger partial charge in [0.15, 0.2) is 0 Å². The summed E-state index contributed by atoms with van der Waals surface area (Å²) in [6.07, 6.45) is 1.48. The van der Waals surface area contributed by atoms with Crippen LogP contribution < -0.4 is 4.72 Å². The second-order valence-electron chi connectivity index (χ2n) is 5.01. The molecule has 0 aliphatic carbocycles. The summed E-state index contributed by atoms with van der Waals surface area (Å²) in [5.41, 5.74) is -0.584. The molecule has 0 radical (unpaired) electrons. The van der Waals surface area contributed by atoms with E-state index in [4.69, 9.17) is 16.7 Å². The summed E-state index contributed by atoms with van der Waals surface area (Å²) in [4.78, 5) is 10.5. The molecule has 0 aliphatic heterocycles. The molecule has 0 spiro atoms. The zero-order chi connectivity index (χ0) is 16.2. The third kappa shape index (κ3) is 4.94. The van der Waals surface area contributed by atoms with Gasteiger partial charge in [-0.05, 0) is 30.9 Å². The van der Waals surface area contributed by atoms with Gasteiger partial charge in [0.2, 0.25) is 10.0 Å². The highest BCUT2D eigenvalue weighted by Gasteiger charge is 2.21. The number of carbonyl (C=O) groups is 1. The molecule has 0 unspecified atom stereocenters. The molecular formula is C13H17ClFNO4S. The van der Waals surface area contributed by atoms with E-state index >= 15 is 0 Å². The number of rotatable bonds is 7. The minimum Gasteiger partial charge on any atom is -0.478 e. The first-order valence-electron chi connectivity index (χ1n) is 6.37. The molecule has 0 aromatic heterocycles. The van der Waals surface area contributed by atoms with Gasteiger partial charge in [-0.15, -0.1) is 0 Å². The summed E-state index contributed by atoms with van der Waals surface area (Å²) in [5.74, 6) is -2.13. The minimum absolute atomic E-state index is 0.202. The van der Waals surface area contributed by atoms with E-state index in [-0.39, 0.29) is 6.54 Å². The fraction of sp³-hybridized carbons (Fsp3) is 0.462. The van der Waals surface area contributed by atoms with Crippen molar-refractivity contribution in [2.24, 2.45) is 5.92 Å². The highest BCUT2D eigenvalue weighted by Crippen LogP contribution is 2.24. The lowest BCUT2D eigenvalue weighted by Gasteiger charge is -2.09. The quantitative estimate of drug-likeness (QED) is 0.749. The Morgan fingerprint density at radius 1 is 1.43 bits per heavy atom. The minimum atomic E-state index is -3.97. The van der Waals surface area contributed by atoms with Gasteiger partial charge in [0.1, 0.15) is 5.82 Å². The van der Waals surface area contributed by atoms with Crippen LogP contribution in [0.15, 0.2) is 17.0 Å². The van der Waals surface area contributed by atoms with Crippen molar-refractivity contribution in [3.05, 3.63) is 28.5 Å². The van der Waals surface area contributed by atoms with Gasteiger partial charge >= 0.3 is 5.97 Å².